The molecule has 0 bridgehead atoms. The lowest BCUT2D eigenvalue weighted by Gasteiger charge is -2.32. The standard InChI is InChI=1S/C17H21ClN4O4S/c1-21(17(23)13-4-3-9-22(10-13)27(2,24)25)11-15-19-16(20-26-15)12-5-7-14(18)8-6-12/h5-8,13H,3-4,9-11H2,1-2H3/t13-/m1/s1. The Morgan fingerprint density at radius 1 is 1.37 bits per heavy atom. The summed E-state index contributed by atoms with van der Waals surface area (Å²) in [6.07, 6.45) is 2.49. The first-order chi connectivity index (χ1) is 12.7. The highest BCUT2D eigenvalue weighted by Gasteiger charge is 2.32. The van der Waals surface area contributed by atoms with Gasteiger partial charge in [0.1, 0.15) is 0 Å². The number of sulfonamides is 1. The van der Waals surface area contributed by atoms with Crippen molar-refractivity contribution in [3.8, 4) is 11.4 Å². The maximum Gasteiger partial charge on any atom is 0.246 e. The predicted molar refractivity (Wildman–Crippen MR) is 100 cm³/mol. The first-order valence-corrected chi connectivity index (χ1v) is 10.8. The Balaban J connectivity index is 1.64. The monoisotopic (exact) mass is 412 g/mol. The second kappa shape index (κ2) is 7.95. The molecule has 1 aliphatic heterocycles. The lowest BCUT2D eigenvalue weighted by Crippen LogP contribution is -2.45. The summed E-state index contributed by atoms with van der Waals surface area (Å²) >= 11 is 5.87. The lowest BCUT2D eigenvalue weighted by molar-refractivity contribution is -0.136. The van der Waals surface area contributed by atoms with Crippen molar-refractivity contribution < 1.29 is 17.7 Å². The van der Waals surface area contributed by atoms with E-state index >= 15 is 0 Å². The number of rotatable bonds is 5. The van der Waals surface area contributed by atoms with Gasteiger partial charge in [-0.25, -0.2) is 12.7 Å². The van der Waals surface area contributed by atoms with E-state index in [2.05, 4.69) is 10.1 Å². The van der Waals surface area contributed by atoms with Crippen LogP contribution in [-0.4, -0.2) is 60.1 Å². The van der Waals surface area contributed by atoms with Crippen LogP contribution in [0.1, 0.15) is 18.7 Å². The van der Waals surface area contributed by atoms with Gasteiger partial charge in [-0.2, -0.15) is 4.98 Å². The Morgan fingerprint density at radius 3 is 2.74 bits per heavy atom. The van der Waals surface area contributed by atoms with E-state index < -0.39 is 10.0 Å². The van der Waals surface area contributed by atoms with Crippen LogP contribution in [0, 0.1) is 5.92 Å². The van der Waals surface area contributed by atoms with Gasteiger partial charge in [0.2, 0.25) is 27.6 Å². The summed E-state index contributed by atoms with van der Waals surface area (Å²) in [4.78, 5) is 18.5. The molecule has 1 amide bonds. The third-order valence-corrected chi connectivity index (χ3v) is 6.04. The average Bonchev–Trinajstić information content (AvgIpc) is 3.09. The van der Waals surface area contributed by atoms with E-state index in [0.717, 1.165) is 5.56 Å². The summed E-state index contributed by atoms with van der Waals surface area (Å²) in [6.45, 7) is 0.830. The van der Waals surface area contributed by atoms with E-state index in [-0.39, 0.29) is 24.9 Å². The highest BCUT2D eigenvalue weighted by atomic mass is 35.5. The van der Waals surface area contributed by atoms with Crippen molar-refractivity contribution in [2.24, 2.45) is 5.92 Å². The summed E-state index contributed by atoms with van der Waals surface area (Å²) in [5, 5.41) is 4.54. The Morgan fingerprint density at radius 2 is 2.07 bits per heavy atom. The summed E-state index contributed by atoms with van der Waals surface area (Å²) in [5.74, 6) is 0.238. The highest BCUT2D eigenvalue weighted by molar-refractivity contribution is 7.88. The van der Waals surface area contributed by atoms with Gasteiger partial charge in [0.15, 0.2) is 0 Å². The van der Waals surface area contributed by atoms with Gasteiger partial charge >= 0.3 is 0 Å². The van der Waals surface area contributed by atoms with Gasteiger partial charge in [0.25, 0.3) is 0 Å². The second-order valence-corrected chi connectivity index (χ2v) is 9.09. The van der Waals surface area contributed by atoms with Crippen LogP contribution in [0.4, 0.5) is 0 Å². The number of carbonyl (C=O) groups is 1. The Labute approximate surface area is 163 Å². The summed E-state index contributed by atoms with van der Waals surface area (Å²) < 4.78 is 30.1. The SMILES string of the molecule is CN(Cc1nc(-c2ccc(Cl)cc2)no1)C(=O)[C@@H]1CCCN(S(C)(=O)=O)C1. The van der Waals surface area contributed by atoms with E-state index in [0.29, 0.717) is 36.1 Å². The fourth-order valence-corrected chi connectivity index (χ4v) is 4.11. The first-order valence-electron chi connectivity index (χ1n) is 8.52. The van der Waals surface area contributed by atoms with Crippen LogP contribution in [0.5, 0.6) is 0 Å². The van der Waals surface area contributed by atoms with E-state index in [4.69, 9.17) is 16.1 Å². The molecule has 2 aromatic rings. The van der Waals surface area contributed by atoms with E-state index in [1.165, 1.54) is 15.5 Å². The number of piperidine rings is 1. The third kappa shape index (κ3) is 4.85. The van der Waals surface area contributed by atoms with Crippen molar-refractivity contribution >= 4 is 27.5 Å². The molecule has 1 aliphatic rings. The smallest absolute Gasteiger partial charge is 0.246 e. The molecule has 10 heteroatoms. The predicted octanol–water partition coefficient (Wildman–Crippen LogP) is 2.02. The third-order valence-electron chi connectivity index (χ3n) is 4.52. The van der Waals surface area contributed by atoms with Crippen molar-refractivity contribution in [3.05, 3.63) is 35.2 Å². The van der Waals surface area contributed by atoms with E-state index in [1.807, 2.05) is 0 Å². The fourth-order valence-electron chi connectivity index (χ4n) is 3.07. The van der Waals surface area contributed by atoms with Crippen molar-refractivity contribution in [1.29, 1.82) is 0 Å². The van der Waals surface area contributed by atoms with Crippen LogP contribution in [0.2, 0.25) is 5.02 Å². The minimum Gasteiger partial charge on any atom is -0.337 e. The first kappa shape index (κ1) is 19.8. The Kier molecular flexibility index (Phi) is 5.83. The molecule has 27 heavy (non-hydrogen) atoms. The van der Waals surface area contributed by atoms with Crippen LogP contribution < -0.4 is 0 Å². The zero-order chi connectivity index (χ0) is 19.6. The molecule has 0 radical (unpaired) electrons. The lowest BCUT2D eigenvalue weighted by atomic mass is 9.98. The minimum atomic E-state index is -3.29. The van der Waals surface area contributed by atoms with Gasteiger partial charge in [0, 0.05) is 30.7 Å². The molecule has 8 nitrogen and oxygen atoms in total. The van der Waals surface area contributed by atoms with Gasteiger partial charge in [0.05, 0.1) is 18.7 Å². The van der Waals surface area contributed by atoms with Crippen molar-refractivity contribution in [2.75, 3.05) is 26.4 Å². The maximum atomic E-state index is 12.7. The molecule has 1 aromatic heterocycles. The van der Waals surface area contributed by atoms with Gasteiger partial charge < -0.3 is 9.42 Å². The number of hydrogen-bond acceptors (Lipinski definition) is 6. The number of benzene rings is 1. The maximum absolute atomic E-state index is 12.7. The minimum absolute atomic E-state index is 0.130. The highest BCUT2D eigenvalue weighted by Crippen LogP contribution is 2.22. The fraction of sp³-hybridized carbons (Fsp3) is 0.471. The molecular formula is C17H21ClN4O4S. The van der Waals surface area contributed by atoms with Gasteiger partial charge in [-0.15, -0.1) is 0 Å². The van der Waals surface area contributed by atoms with Gasteiger partial charge in [-0.3, -0.25) is 4.79 Å². The van der Waals surface area contributed by atoms with Crippen LogP contribution in [0.15, 0.2) is 28.8 Å². The second-order valence-electron chi connectivity index (χ2n) is 6.67. The van der Waals surface area contributed by atoms with Crippen LogP contribution in [0.3, 0.4) is 0 Å². The number of hydrogen-bond donors (Lipinski definition) is 0. The molecule has 1 atom stereocenters. The molecular weight excluding hydrogens is 392 g/mol. The summed E-state index contributed by atoms with van der Waals surface area (Å²) in [7, 11) is -1.65. The summed E-state index contributed by atoms with van der Waals surface area (Å²) in [6, 6.07) is 7.04. The van der Waals surface area contributed by atoms with Gasteiger partial charge in [-0.05, 0) is 37.1 Å². The molecule has 0 N–H and O–H groups in total. The molecule has 1 fully saturated rings. The Hall–Kier alpha value is -1.97. The zero-order valence-electron chi connectivity index (χ0n) is 15.1. The van der Waals surface area contributed by atoms with E-state index in [9.17, 15) is 13.2 Å². The quantitative estimate of drug-likeness (QED) is 0.745. The molecule has 0 spiro atoms. The largest absolute Gasteiger partial charge is 0.337 e. The average molecular weight is 413 g/mol. The zero-order valence-corrected chi connectivity index (χ0v) is 16.7. The number of halogens is 1. The molecule has 1 saturated heterocycles. The molecule has 2 heterocycles. The molecule has 3 rings (SSSR count). The molecule has 0 unspecified atom stereocenters. The summed E-state index contributed by atoms with van der Waals surface area (Å²) in [5.41, 5.74) is 0.763. The number of aromatic nitrogens is 2. The molecule has 0 aliphatic carbocycles. The molecule has 1 aromatic carbocycles. The van der Waals surface area contributed by atoms with Crippen molar-refractivity contribution in [1.82, 2.24) is 19.3 Å². The number of amides is 1. The van der Waals surface area contributed by atoms with Crippen molar-refractivity contribution in [3.63, 3.8) is 0 Å². The molecule has 146 valence electrons. The van der Waals surface area contributed by atoms with Crippen LogP contribution in [0.25, 0.3) is 11.4 Å². The van der Waals surface area contributed by atoms with Gasteiger partial charge in [-0.1, -0.05) is 16.8 Å². The van der Waals surface area contributed by atoms with E-state index in [1.54, 1.807) is 31.3 Å². The van der Waals surface area contributed by atoms with Crippen molar-refractivity contribution in [2.45, 2.75) is 19.4 Å². The Bertz CT molecular complexity index is 913. The number of carbonyl (C=O) groups excluding carboxylic acids is 1. The molecule has 0 saturated carbocycles. The topological polar surface area (TPSA) is 96.6 Å². The van der Waals surface area contributed by atoms with Crippen LogP contribution >= 0.6 is 11.6 Å². The van der Waals surface area contributed by atoms with Crippen LogP contribution in [-0.2, 0) is 21.4 Å². The normalized spacial score (nSPS) is 18.4. The number of nitrogens with zero attached hydrogens (tertiary/aromatic N) is 4.